The highest BCUT2D eigenvalue weighted by Crippen LogP contribution is 2.16. The highest BCUT2D eigenvalue weighted by atomic mass is 35.5. The molecule has 0 saturated heterocycles. The zero-order valence-electron chi connectivity index (χ0n) is 10.7. The Morgan fingerprint density at radius 1 is 1.19 bits per heavy atom. The van der Waals surface area contributed by atoms with E-state index in [1.165, 1.54) is 12.3 Å². The van der Waals surface area contributed by atoms with Crippen molar-refractivity contribution < 1.29 is 19.4 Å². The molecule has 0 aliphatic rings. The topological polar surface area (TPSA) is 88.5 Å². The van der Waals surface area contributed by atoms with Gasteiger partial charge in [0.2, 0.25) is 0 Å². The number of aromatic nitrogens is 1. The number of ether oxygens (including phenoxy) is 1. The second-order valence-corrected chi connectivity index (χ2v) is 4.42. The molecule has 2 N–H and O–H groups in total. The van der Waals surface area contributed by atoms with Gasteiger partial charge in [-0.15, -0.1) is 0 Å². The van der Waals surface area contributed by atoms with Crippen LogP contribution in [0.15, 0.2) is 42.6 Å². The van der Waals surface area contributed by atoms with Crippen LogP contribution in [0.5, 0.6) is 5.75 Å². The van der Waals surface area contributed by atoms with E-state index in [1.807, 2.05) is 0 Å². The van der Waals surface area contributed by atoms with Crippen molar-refractivity contribution in [3.8, 4) is 5.75 Å². The fourth-order valence-electron chi connectivity index (χ4n) is 1.49. The smallest absolute Gasteiger partial charge is 0.341 e. The Hall–Kier alpha value is -2.60. The zero-order valence-corrected chi connectivity index (χ0v) is 11.5. The molecule has 0 spiro atoms. The van der Waals surface area contributed by atoms with Crippen LogP contribution in [0.3, 0.4) is 0 Å². The molecule has 108 valence electrons. The summed E-state index contributed by atoms with van der Waals surface area (Å²) in [5.74, 6) is -0.968. The van der Waals surface area contributed by atoms with E-state index < -0.39 is 12.6 Å². The van der Waals surface area contributed by atoms with E-state index in [0.717, 1.165) is 0 Å². The number of halogens is 1. The molecule has 0 atom stereocenters. The Labute approximate surface area is 125 Å². The lowest BCUT2D eigenvalue weighted by molar-refractivity contribution is -0.139. The van der Waals surface area contributed by atoms with Crippen molar-refractivity contribution in [3.05, 3.63) is 53.3 Å². The third kappa shape index (κ3) is 4.47. The normalized spacial score (nSPS) is 9.95. The first-order valence-corrected chi connectivity index (χ1v) is 6.30. The molecule has 1 aromatic heterocycles. The van der Waals surface area contributed by atoms with Crippen LogP contribution in [0.1, 0.15) is 10.4 Å². The first-order chi connectivity index (χ1) is 10.0. The first-order valence-electron chi connectivity index (χ1n) is 5.92. The minimum atomic E-state index is -1.05. The van der Waals surface area contributed by atoms with Crippen LogP contribution < -0.4 is 10.1 Å². The molecular weight excluding hydrogens is 296 g/mol. The zero-order chi connectivity index (χ0) is 15.2. The molecule has 2 aromatic rings. The summed E-state index contributed by atoms with van der Waals surface area (Å²) in [7, 11) is 0. The van der Waals surface area contributed by atoms with Gasteiger partial charge in [0.25, 0.3) is 5.91 Å². The van der Waals surface area contributed by atoms with Gasteiger partial charge in [0.1, 0.15) is 10.9 Å². The number of aliphatic carboxylic acids is 1. The summed E-state index contributed by atoms with van der Waals surface area (Å²) in [6.45, 7) is -0.415. The Morgan fingerprint density at radius 2 is 1.90 bits per heavy atom. The Balaban J connectivity index is 1.98. The van der Waals surface area contributed by atoms with Crippen molar-refractivity contribution in [2.24, 2.45) is 0 Å². The summed E-state index contributed by atoms with van der Waals surface area (Å²) in [6.07, 6.45) is 1.38. The number of carboxylic acids is 1. The van der Waals surface area contributed by atoms with Gasteiger partial charge in [-0.25, -0.2) is 9.78 Å². The molecule has 0 aliphatic carbocycles. The molecule has 0 unspecified atom stereocenters. The van der Waals surface area contributed by atoms with E-state index in [0.29, 0.717) is 22.2 Å². The fraction of sp³-hybridized carbons (Fsp3) is 0.0714. The summed E-state index contributed by atoms with van der Waals surface area (Å²) in [4.78, 5) is 26.1. The Kier molecular flexibility index (Phi) is 4.73. The van der Waals surface area contributed by atoms with Gasteiger partial charge in [-0.05, 0) is 36.4 Å². The Bertz CT molecular complexity index is 641. The largest absolute Gasteiger partial charge is 0.482 e. The maximum atomic E-state index is 11.9. The van der Waals surface area contributed by atoms with Crippen LogP contribution in [0.4, 0.5) is 5.69 Å². The highest BCUT2D eigenvalue weighted by molar-refractivity contribution is 6.29. The number of hydrogen-bond donors (Lipinski definition) is 2. The van der Waals surface area contributed by atoms with E-state index in [4.69, 9.17) is 21.4 Å². The summed E-state index contributed by atoms with van der Waals surface area (Å²) in [6, 6.07) is 9.45. The number of anilines is 1. The number of carbonyl (C=O) groups excluding carboxylic acids is 1. The molecule has 0 aliphatic heterocycles. The highest BCUT2D eigenvalue weighted by Gasteiger charge is 2.07. The van der Waals surface area contributed by atoms with Crippen molar-refractivity contribution in [1.29, 1.82) is 0 Å². The van der Waals surface area contributed by atoms with Crippen molar-refractivity contribution in [2.45, 2.75) is 0 Å². The number of hydrogen-bond acceptors (Lipinski definition) is 4. The van der Waals surface area contributed by atoms with Crippen LogP contribution in [-0.4, -0.2) is 28.6 Å². The van der Waals surface area contributed by atoms with Crippen LogP contribution in [-0.2, 0) is 4.79 Å². The van der Waals surface area contributed by atoms with Gasteiger partial charge in [-0.3, -0.25) is 4.79 Å². The maximum Gasteiger partial charge on any atom is 0.341 e. The monoisotopic (exact) mass is 306 g/mol. The second kappa shape index (κ2) is 6.71. The lowest BCUT2D eigenvalue weighted by Gasteiger charge is -2.07. The number of carboxylic acid groups (broad SMARTS) is 1. The third-order valence-electron chi connectivity index (χ3n) is 2.46. The first kappa shape index (κ1) is 14.8. The predicted octanol–water partition coefficient (Wildman–Crippen LogP) is 2.45. The summed E-state index contributed by atoms with van der Waals surface area (Å²) in [5.41, 5.74) is 0.934. The fourth-order valence-corrected chi connectivity index (χ4v) is 1.60. The molecule has 0 saturated carbocycles. The van der Waals surface area contributed by atoms with Crippen LogP contribution in [0.25, 0.3) is 0 Å². The Morgan fingerprint density at radius 3 is 2.48 bits per heavy atom. The maximum absolute atomic E-state index is 11.9. The van der Waals surface area contributed by atoms with Crippen LogP contribution >= 0.6 is 11.6 Å². The van der Waals surface area contributed by atoms with Gasteiger partial charge in [-0.1, -0.05) is 11.6 Å². The molecule has 21 heavy (non-hydrogen) atoms. The van der Waals surface area contributed by atoms with Gasteiger partial charge in [0, 0.05) is 11.9 Å². The van der Waals surface area contributed by atoms with Crippen molar-refractivity contribution in [3.63, 3.8) is 0 Å². The summed E-state index contributed by atoms with van der Waals surface area (Å²) < 4.78 is 4.99. The number of amides is 1. The number of nitrogens with zero attached hydrogens (tertiary/aromatic N) is 1. The summed E-state index contributed by atoms with van der Waals surface area (Å²) in [5, 5.41) is 11.5. The minimum absolute atomic E-state index is 0.312. The van der Waals surface area contributed by atoms with Crippen LogP contribution in [0, 0.1) is 0 Å². The van der Waals surface area contributed by atoms with Gasteiger partial charge in [-0.2, -0.15) is 0 Å². The molecule has 1 aromatic carbocycles. The molecule has 1 amide bonds. The van der Waals surface area contributed by atoms with Gasteiger partial charge in [0.05, 0.1) is 5.56 Å². The molecule has 0 bridgehead atoms. The average Bonchev–Trinajstić information content (AvgIpc) is 2.47. The van der Waals surface area contributed by atoms with Gasteiger partial charge >= 0.3 is 5.97 Å². The number of carbonyl (C=O) groups is 2. The molecule has 7 heteroatoms. The number of rotatable bonds is 5. The number of pyridine rings is 1. The third-order valence-corrected chi connectivity index (χ3v) is 2.69. The lowest BCUT2D eigenvalue weighted by atomic mass is 10.2. The lowest BCUT2D eigenvalue weighted by Crippen LogP contribution is -2.12. The number of benzene rings is 1. The van der Waals surface area contributed by atoms with E-state index in [2.05, 4.69) is 10.3 Å². The average molecular weight is 307 g/mol. The SMILES string of the molecule is O=C(O)COc1ccc(NC(=O)c2ccc(Cl)nc2)cc1. The molecule has 0 fully saturated rings. The van der Waals surface area contributed by atoms with Crippen molar-refractivity contribution in [1.82, 2.24) is 4.98 Å². The van der Waals surface area contributed by atoms with E-state index >= 15 is 0 Å². The quantitative estimate of drug-likeness (QED) is 0.828. The molecular formula is C14H11ClN2O4. The van der Waals surface area contributed by atoms with E-state index in [-0.39, 0.29) is 5.91 Å². The molecule has 6 nitrogen and oxygen atoms in total. The molecule has 0 radical (unpaired) electrons. The van der Waals surface area contributed by atoms with E-state index in [9.17, 15) is 9.59 Å². The summed E-state index contributed by atoms with van der Waals surface area (Å²) >= 11 is 5.65. The molecule has 1 heterocycles. The second-order valence-electron chi connectivity index (χ2n) is 4.03. The number of nitrogens with one attached hydrogen (secondary N) is 1. The minimum Gasteiger partial charge on any atom is -0.482 e. The molecule has 2 rings (SSSR count). The van der Waals surface area contributed by atoms with Crippen molar-refractivity contribution >= 4 is 29.2 Å². The standard InChI is InChI=1S/C14H11ClN2O4/c15-12-6-1-9(7-16-12)14(20)17-10-2-4-11(5-3-10)21-8-13(18)19/h1-7H,8H2,(H,17,20)(H,18,19). The van der Waals surface area contributed by atoms with Gasteiger partial charge < -0.3 is 15.2 Å². The van der Waals surface area contributed by atoms with Crippen molar-refractivity contribution in [2.75, 3.05) is 11.9 Å². The van der Waals surface area contributed by atoms with Gasteiger partial charge in [0.15, 0.2) is 6.61 Å². The predicted molar refractivity (Wildman–Crippen MR) is 76.8 cm³/mol. The van der Waals surface area contributed by atoms with E-state index in [1.54, 1.807) is 30.3 Å². The van der Waals surface area contributed by atoms with Crippen LogP contribution in [0.2, 0.25) is 5.15 Å².